The second kappa shape index (κ2) is 4.64. The molecule has 1 saturated carbocycles. The Morgan fingerprint density at radius 2 is 2.17 bits per heavy atom. The topological polar surface area (TPSA) is 84.3 Å². The van der Waals surface area contributed by atoms with Crippen LogP contribution in [0.25, 0.3) is 0 Å². The number of hydrogen-bond donors (Lipinski definition) is 2. The van der Waals surface area contributed by atoms with Crippen LogP contribution < -0.4 is 10.6 Å². The molecular formula is C12H15N3O3. The maximum Gasteiger partial charge on any atom is 0.293 e. The van der Waals surface area contributed by atoms with Crippen molar-refractivity contribution in [3.8, 4) is 0 Å². The van der Waals surface area contributed by atoms with Gasteiger partial charge in [0.15, 0.2) is 0 Å². The molecule has 2 unspecified atom stereocenters. The molecule has 0 aliphatic heterocycles. The predicted octanol–water partition coefficient (Wildman–Crippen LogP) is 1.77. The quantitative estimate of drug-likeness (QED) is 0.629. The number of nitro groups is 1. The molecule has 0 radical (unpaired) electrons. The molecule has 2 N–H and O–H groups in total. The average Bonchev–Trinajstić information content (AvgIpc) is 3.03. The Morgan fingerprint density at radius 1 is 1.50 bits per heavy atom. The highest BCUT2D eigenvalue weighted by molar-refractivity contribution is 6.01. The van der Waals surface area contributed by atoms with Gasteiger partial charge in [0.05, 0.1) is 10.5 Å². The van der Waals surface area contributed by atoms with Gasteiger partial charge in [-0.1, -0.05) is 13.0 Å². The number of nitrogens with zero attached hydrogens (tertiary/aromatic N) is 1. The van der Waals surface area contributed by atoms with Gasteiger partial charge in [0, 0.05) is 19.2 Å². The van der Waals surface area contributed by atoms with E-state index in [0.717, 1.165) is 6.42 Å². The summed E-state index contributed by atoms with van der Waals surface area (Å²) < 4.78 is 0. The minimum atomic E-state index is -0.498. The normalized spacial score (nSPS) is 21.2. The van der Waals surface area contributed by atoms with Gasteiger partial charge in [-0.05, 0) is 18.4 Å². The Labute approximate surface area is 105 Å². The number of amides is 1. The molecule has 1 amide bonds. The van der Waals surface area contributed by atoms with Gasteiger partial charge < -0.3 is 10.6 Å². The van der Waals surface area contributed by atoms with Gasteiger partial charge in [0.25, 0.3) is 11.6 Å². The van der Waals surface area contributed by atoms with Gasteiger partial charge in [-0.15, -0.1) is 0 Å². The molecule has 6 heteroatoms. The van der Waals surface area contributed by atoms with E-state index < -0.39 is 4.92 Å². The highest BCUT2D eigenvalue weighted by atomic mass is 16.6. The lowest BCUT2D eigenvalue weighted by atomic mass is 10.1. The number of para-hydroxylation sites is 1. The van der Waals surface area contributed by atoms with Crippen molar-refractivity contribution in [1.82, 2.24) is 5.32 Å². The largest absolute Gasteiger partial charge is 0.382 e. The van der Waals surface area contributed by atoms with Crippen molar-refractivity contribution in [2.24, 2.45) is 5.92 Å². The Kier molecular flexibility index (Phi) is 3.18. The minimum Gasteiger partial charge on any atom is -0.382 e. The molecule has 1 aliphatic carbocycles. The molecular weight excluding hydrogens is 234 g/mol. The summed E-state index contributed by atoms with van der Waals surface area (Å²) in [5.74, 6) is 0.225. The van der Waals surface area contributed by atoms with E-state index in [1.807, 2.05) is 0 Å². The Balaban J connectivity index is 2.28. The van der Waals surface area contributed by atoms with Crippen molar-refractivity contribution >= 4 is 17.3 Å². The minimum absolute atomic E-state index is 0.0889. The lowest BCUT2D eigenvalue weighted by molar-refractivity contribution is -0.384. The SMILES string of the molecule is CNc1c(C(=O)NC2CC2C)cccc1[N+](=O)[O-]. The molecule has 18 heavy (non-hydrogen) atoms. The number of rotatable bonds is 4. The van der Waals surface area contributed by atoms with E-state index in [4.69, 9.17) is 0 Å². The lowest BCUT2D eigenvalue weighted by Gasteiger charge is -2.09. The fourth-order valence-electron chi connectivity index (χ4n) is 1.91. The van der Waals surface area contributed by atoms with Crippen molar-refractivity contribution in [2.75, 3.05) is 12.4 Å². The van der Waals surface area contributed by atoms with E-state index in [0.29, 0.717) is 11.5 Å². The molecule has 6 nitrogen and oxygen atoms in total. The molecule has 1 aliphatic rings. The van der Waals surface area contributed by atoms with Gasteiger partial charge in [0.1, 0.15) is 5.69 Å². The zero-order valence-electron chi connectivity index (χ0n) is 10.3. The van der Waals surface area contributed by atoms with Crippen LogP contribution in [0.15, 0.2) is 18.2 Å². The smallest absolute Gasteiger partial charge is 0.293 e. The van der Waals surface area contributed by atoms with E-state index in [9.17, 15) is 14.9 Å². The van der Waals surface area contributed by atoms with Crippen LogP contribution in [0, 0.1) is 16.0 Å². The molecule has 1 aromatic carbocycles. The first kappa shape index (κ1) is 12.3. The molecule has 0 aromatic heterocycles. The molecule has 96 valence electrons. The van der Waals surface area contributed by atoms with Crippen LogP contribution in [-0.4, -0.2) is 23.9 Å². The highest BCUT2D eigenvalue weighted by Crippen LogP contribution is 2.31. The van der Waals surface area contributed by atoms with Crippen molar-refractivity contribution in [3.05, 3.63) is 33.9 Å². The second-order valence-electron chi connectivity index (χ2n) is 4.50. The molecule has 1 fully saturated rings. The highest BCUT2D eigenvalue weighted by Gasteiger charge is 2.34. The number of carbonyl (C=O) groups excluding carboxylic acids is 1. The predicted molar refractivity (Wildman–Crippen MR) is 67.7 cm³/mol. The first-order valence-electron chi connectivity index (χ1n) is 5.80. The average molecular weight is 249 g/mol. The van der Waals surface area contributed by atoms with E-state index >= 15 is 0 Å². The van der Waals surface area contributed by atoms with Crippen molar-refractivity contribution in [2.45, 2.75) is 19.4 Å². The fraction of sp³-hybridized carbons (Fsp3) is 0.417. The summed E-state index contributed by atoms with van der Waals surface area (Å²) in [6.07, 6.45) is 0.968. The number of nitro benzene ring substituents is 1. The van der Waals surface area contributed by atoms with Gasteiger partial charge in [-0.25, -0.2) is 0 Å². The molecule has 0 spiro atoms. The van der Waals surface area contributed by atoms with Crippen molar-refractivity contribution < 1.29 is 9.72 Å². The van der Waals surface area contributed by atoms with Crippen LogP contribution in [0.4, 0.5) is 11.4 Å². The standard InChI is InChI=1S/C12H15N3O3/c1-7-6-9(7)14-12(16)8-4-3-5-10(15(17)18)11(8)13-2/h3-5,7,9,13H,6H2,1-2H3,(H,14,16). The van der Waals surface area contributed by atoms with Crippen molar-refractivity contribution in [3.63, 3.8) is 0 Å². The fourth-order valence-corrected chi connectivity index (χ4v) is 1.91. The van der Waals surface area contributed by atoms with Gasteiger partial charge >= 0.3 is 0 Å². The summed E-state index contributed by atoms with van der Waals surface area (Å²) in [4.78, 5) is 22.4. The first-order chi connectivity index (χ1) is 8.54. The number of anilines is 1. The number of hydrogen-bond acceptors (Lipinski definition) is 4. The van der Waals surface area contributed by atoms with Gasteiger partial charge in [-0.2, -0.15) is 0 Å². The van der Waals surface area contributed by atoms with E-state index in [1.54, 1.807) is 13.1 Å². The van der Waals surface area contributed by atoms with Crippen LogP contribution in [0.1, 0.15) is 23.7 Å². The maximum absolute atomic E-state index is 12.0. The van der Waals surface area contributed by atoms with Crippen LogP contribution >= 0.6 is 0 Å². The third kappa shape index (κ3) is 2.27. The Bertz CT molecular complexity index is 501. The van der Waals surface area contributed by atoms with Crippen molar-refractivity contribution in [1.29, 1.82) is 0 Å². The van der Waals surface area contributed by atoms with Gasteiger partial charge in [-0.3, -0.25) is 14.9 Å². The molecule has 0 heterocycles. The van der Waals surface area contributed by atoms with Crippen LogP contribution in [-0.2, 0) is 0 Å². The van der Waals surface area contributed by atoms with E-state index in [1.165, 1.54) is 12.1 Å². The lowest BCUT2D eigenvalue weighted by Crippen LogP contribution is -2.27. The summed E-state index contributed by atoms with van der Waals surface area (Å²) in [5, 5.41) is 16.5. The Hall–Kier alpha value is -2.11. The summed E-state index contributed by atoms with van der Waals surface area (Å²) in [6, 6.07) is 4.68. The Morgan fingerprint density at radius 3 is 2.67 bits per heavy atom. The third-order valence-electron chi connectivity index (χ3n) is 3.16. The maximum atomic E-state index is 12.0. The summed E-state index contributed by atoms with van der Waals surface area (Å²) in [5.41, 5.74) is 0.480. The monoisotopic (exact) mass is 249 g/mol. The molecule has 2 atom stereocenters. The second-order valence-corrected chi connectivity index (χ2v) is 4.50. The molecule has 2 rings (SSSR count). The molecule has 0 saturated heterocycles. The van der Waals surface area contributed by atoms with E-state index in [-0.39, 0.29) is 23.3 Å². The molecule has 0 bridgehead atoms. The summed E-state index contributed by atoms with van der Waals surface area (Å²) in [6.45, 7) is 2.05. The number of carbonyl (C=O) groups is 1. The van der Waals surface area contributed by atoms with Crippen LogP contribution in [0.3, 0.4) is 0 Å². The third-order valence-corrected chi connectivity index (χ3v) is 3.16. The summed E-state index contributed by atoms with van der Waals surface area (Å²) >= 11 is 0. The zero-order valence-corrected chi connectivity index (χ0v) is 10.3. The van der Waals surface area contributed by atoms with E-state index in [2.05, 4.69) is 17.6 Å². The van der Waals surface area contributed by atoms with Gasteiger partial charge in [0.2, 0.25) is 0 Å². The number of benzene rings is 1. The van der Waals surface area contributed by atoms with Crippen LogP contribution in [0.2, 0.25) is 0 Å². The number of nitrogens with one attached hydrogen (secondary N) is 2. The first-order valence-corrected chi connectivity index (χ1v) is 5.80. The molecule has 1 aromatic rings. The van der Waals surface area contributed by atoms with Crippen LogP contribution in [0.5, 0.6) is 0 Å². The zero-order chi connectivity index (χ0) is 13.3. The summed E-state index contributed by atoms with van der Waals surface area (Å²) in [7, 11) is 1.57.